The third kappa shape index (κ3) is 4.02. The molecular weight excluding hydrogens is 397 g/mol. The van der Waals surface area contributed by atoms with Crippen molar-refractivity contribution in [2.24, 2.45) is 0 Å². The van der Waals surface area contributed by atoms with Crippen LogP contribution in [0.5, 0.6) is 0 Å². The Kier molecular flexibility index (Phi) is 5.21. The zero-order valence-electron chi connectivity index (χ0n) is 16.1. The standard InChI is InChI=1S/C20H17F3N6O/c1-28(2)15-5-3-4-12(8-15)17-11-29(27-24-17)10-14-7-6-13(9-16(14)21)19-25-26-20(30-19)18(22)23/h3-9,11,18H,10H2,1-2H3. The van der Waals surface area contributed by atoms with Crippen LogP contribution in [0.15, 0.2) is 53.1 Å². The van der Waals surface area contributed by atoms with E-state index in [0.717, 1.165) is 17.3 Å². The molecule has 4 aromatic rings. The zero-order chi connectivity index (χ0) is 21.3. The molecule has 154 valence electrons. The van der Waals surface area contributed by atoms with E-state index in [1.165, 1.54) is 16.8 Å². The molecule has 0 aliphatic heterocycles. The van der Waals surface area contributed by atoms with E-state index >= 15 is 0 Å². The van der Waals surface area contributed by atoms with Crippen LogP contribution < -0.4 is 4.90 Å². The molecule has 0 fully saturated rings. The number of nitrogens with zero attached hydrogens (tertiary/aromatic N) is 6. The molecule has 0 saturated heterocycles. The van der Waals surface area contributed by atoms with Crippen LogP contribution in [0.1, 0.15) is 17.9 Å². The number of aromatic nitrogens is 5. The highest BCUT2D eigenvalue weighted by Crippen LogP contribution is 2.25. The first-order chi connectivity index (χ1) is 14.4. The van der Waals surface area contributed by atoms with E-state index in [4.69, 9.17) is 4.42 Å². The molecule has 7 nitrogen and oxygen atoms in total. The molecule has 0 unspecified atom stereocenters. The lowest BCUT2D eigenvalue weighted by atomic mass is 10.1. The van der Waals surface area contributed by atoms with Crippen LogP contribution in [0.25, 0.3) is 22.7 Å². The van der Waals surface area contributed by atoms with Crippen LogP contribution in [0, 0.1) is 5.82 Å². The molecule has 10 heteroatoms. The summed E-state index contributed by atoms with van der Waals surface area (Å²) in [6.07, 6.45) is -1.15. The first kappa shape index (κ1) is 19.6. The number of hydrogen-bond donors (Lipinski definition) is 0. The van der Waals surface area contributed by atoms with E-state index in [2.05, 4.69) is 20.5 Å². The van der Waals surface area contributed by atoms with Gasteiger partial charge in [0.15, 0.2) is 0 Å². The molecular formula is C20H17F3N6O. The SMILES string of the molecule is CN(C)c1cccc(-c2cn(Cc3ccc(-c4nnc(C(F)F)o4)cc3F)nn2)c1. The van der Waals surface area contributed by atoms with Crippen molar-refractivity contribution in [3.63, 3.8) is 0 Å². The Bertz CT molecular complexity index is 1170. The normalized spacial score (nSPS) is 11.3. The number of anilines is 1. The van der Waals surface area contributed by atoms with Crippen molar-refractivity contribution in [2.75, 3.05) is 19.0 Å². The number of benzene rings is 2. The van der Waals surface area contributed by atoms with Crippen molar-refractivity contribution < 1.29 is 17.6 Å². The Hall–Kier alpha value is -3.69. The van der Waals surface area contributed by atoms with Gasteiger partial charge in [0.25, 0.3) is 5.89 Å². The van der Waals surface area contributed by atoms with E-state index in [0.29, 0.717) is 11.3 Å². The second kappa shape index (κ2) is 7.97. The highest BCUT2D eigenvalue weighted by molar-refractivity contribution is 5.64. The van der Waals surface area contributed by atoms with Crippen LogP contribution in [0.2, 0.25) is 0 Å². The fourth-order valence-corrected chi connectivity index (χ4v) is 2.87. The zero-order valence-corrected chi connectivity index (χ0v) is 16.1. The topological polar surface area (TPSA) is 72.9 Å². The van der Waals surface area contributed by atoms with E-state index in [1.54, 1.807) is 6.20 Å². The van der Waals surface area contributed by atoms with Gasteiger partial charge in [-0.1, -0.05) is 23.4 Å². The van der Waals surface area contributed by atoms with Crippen molar-refractivity contribution in [1.82, 2.24) is 25.2 Å². The highest BCUT2D eigenvalue weighted by atomic mass is 19.3. The Balaban J connectivity index is 1.53. The van der Waals surface area contributed by atoms with Gasteiger partial charge in [-0.05, 0) is 24.3 Å². The summed E-state index contributed by atoms with van der Waals surface area (Å²) in [5, 5.41) is 15.0. The van der Waals surface area contributed by atoms with Crippen molar-refractivity contribution in [3.05, 3.63) is 65.9 Å². The van der Waals surface area contributed by atoms with Gasteiger partial charge in [0.05, 0.1) is 12.7 Å². The maximum atomic E-state index is 14.6. The predicted octanol–water partition coefficient (Wildman–Crippen LogP) is 4.19. The largest absolute Gasteiger partial charge is 0.415 e. The van der Waals surface area contributed by atoms with Gasteiger partial charge in [-0.15, -0.1) is 15.3 Å². The molecule has 0 radical (unpaired) electrons. The van der Waals surface area contributed by atoms with Crippen molar-refractivity contribution in [3.8, 4) is 22.7 Å². The summed E-state index contributed by atoms with van der Waals surface area (Å²) in [7, 11) is 3.90. The average molecular weight is 414 g/mol. The summed E-state index contributed by atoms with van der Waals surface area (Å²) in [6, 6.07) is 12.0. The molecule has 0 bridgehead atoms. The van der Waals surface area contributed by atoms with E-state index in [-0.39, 0.29) is 18.0 Å². The maximum absolute atomic E-state index is 14.6. The number of halogens is 3. The lowest BCUT2D eigenvalue weighted by Crippen LogP contribution is -2.08. The van der Waals surface area contributed by atoms with Crippen molar-refractivity contribution >= 4 is 5.69 Å². The van der Waals surface area contributed by atoms with E-state index in [9.17, 15) is 13.2 Å². The van der Waals surface area contributed by atoms with Gasteiger partial charge in [-0.25, -0.2) is 9.07 Å². The average Bonchev–Trinajstić information content (AvgIpc) is 3.39. The fourth-order valence-electron chi connectivity index (χ4n) is 2.87. The lowest BCUT2D eigenvalue weighted by Gasteiger charge is -2.12. The van der Waals surface area contributed by atoms with E-state index in [1.807, 2.05) is 43.3 Å². The number of rotatable bonds is 6. The molecule has 2 aromatic heterocycles. The summed E-state index contributed by atoms with van der Waals surface area (Å²) in [5.41, 5.74) is 3.16. The first-order valence-corrected chi connectivity index (χ1v) is 8.99. The number of hydrogen-bond acceptors (Lipinski definition) is 6. The van der Waals surface area contributed by atoms with Gasteiger partial charge >= 0.3 is 6.43 Å². The van der Waals surface area contributed by atoms with Gasteiger partial charge in [-0.3, -0.25) is 0 Å². The van der Waals surface area contributed by atoms with Crippen LogP contribution in [0.4, 0.5) is 18.9 Å². The molecule has 2 heterocycles. The minimum Gasteiger partial charge on any atom is -0.415 e. The Morgan fingerprint density at radius 3 is 2.57 bits per heavy atom. The summed E-state index contributed by atoms with van der Waals surface area (Å²) >= 11 is 0. The molecule has 4 rings (SSSR count). The van der Waals surface area contributed by atoms with E-state index < -0.39 is 18.1 Å². The molecule has 0 amide bonds. The highest BCUT2D eigenvalue weighted by Gasteiger charge is 2.18. The minimum atomic E-state index is -2.88. The molecule has 0 aliphatic rings. The van der Waals surface area contributed by atoms with Crippen LogP contribution in [0.3, 0.4) is 0 Å². The second-order valence-electron chi connectivity index (χ2n) is 6.80. The van der Waals surface area contributed by atoms with Crippen molar-refractivity contribution in [2.45, 2.75) is 13.0 Å². The summed E-state index contributed by atoms with van der Waals surface area (Å²) in [6.45, 7) is 0.151. The third-order valence-corrected chi connectivity index (χ3v) is 4.46. The van der Waals surface area contributed by atoms with Gasteiger partial charge in [0.1, 0.15) is 11.5 Å². The third-order valence-electron chi connectivity index (χ3n) is 4.46. The summed E-state index contributed by atoms with van der Waals surface area (Å²) in [5.74, 6) is -1.52. The van der Waals surface area contributed by atoms with Gasteiger partial charge in [-0.2, -0.15) is 8.78 Å². The first-order valence-electron chi connectivity index (χ1n) is 8.99. The lowest BCUT2D eigenvalue weighted by molar-refractivity contribution is 0.116. The number of alkyl halides is 2. The summed E-state index contributed by atoms with van der Waals surface area (Å²) in [4.78, 5) is 1.98. The van der Waals surface area contributed by atoms with Gasteiger partial charge < -0.3 is 9.32 Å². The molecule has 30 heavy (non-hydrogen) atoms. The smallest absolute Gasteiger partial charge is 0.314 e. The molecule has 0 saturated carbocycles. The summed E-state index contributed by atoms with van der Waals surface area (Å²) < 4.78 is 46.1. The molecule has 0 spiro atoms. The fraction of sp³-hybridized carbons (Fsp3) is 0.200. The molecule has 0 N–H and O–H groups in total. The van der Waals surface area contributed by atoms with Gasteiger partial charge in [0.2, 0.25) is 5.89 Å². The molecule has 0 aliphatic carbocycles. The molecule has 2 aromatic carbocycles. The van der Waals surface area contributed by atoms with Crippen LogP contribution >= 0.6 is 0 Å². The Morgan fingerprint density at radius 1 is 1.03 bits per heavy atom. The Labute approximate surface area is 169 Å². The van der Waals surface area contributed by atoms with Gasteiger partial charge in [0, 0.05) is 36.5 Å². The molecule has 0 atom stereocenters. The van der Waals surface area contributed by atoms with Crippen LogP contribution in [-0.4, -0.2) is 39.3 Å². The maximum Gasteiger partial charge on any atom is 0.314 e. The monoisotopic (exact) mass is 414 g/mol. The minimum absolute atomic E-state index is 0.151. The van der Waals surface area contributed by atoms with Crippen LogP contribution in [-0.2, 0) is 6.54 Å². The second-order valence-corrected chi connectivity index (χ2v) is 6.80. The predicted molar refractivity (Wildman–Crippen MR) is 104 cm³/mol. The quantitative estimate of drug-likeness (QED) is 0.471. The van der Waals surface area contributed by atoms with Crippen molar-refractivity contribution in [1.29, 1.82) is 0 Å². The Morgan fingerprint density at radius 2 is 1.87 bits per heavy atom.